The fraction of sp³-hybridized carbons (Fsp3) is 0.103. The highest BCUT2D eigenvalue weighted by molar-refractivity contribution is 7.99. The molecule has 0 radical (unpaired) electrons. The molecule has 0 fully saturated rings. The van der Waals surface area contributed by atoms with Crippen molar-refractivity contribution in [2.24, 2.45) is 0 Å². The van der Waals surface area contributed by atoms with Gasteiger partial charge in [-0.3, -0.25) is 9.52 Å². The number of nitrogens with one attached hydrogen (secondary N) is 2. The standard InChI is InChI=1S/C29H25N3O5S2/c1-36-23-14-12-22(13-15-23)32-39(34,35)24-16-17-26-25(18-24)30-29(37-26)38-19-27(33)31-28(20-8-4-2-5-9-20)21-10-6-3-7-11-21/h2-18,28,32H,19H2,1H3,(H,31,33). The summed E-state index contributed by atoms with van der Waals surface area (Å²) in [6, 6.07) is 30.2. The first-order valence-corrected chi connectivity index (χ1v) is 14.5. The first-order chi connectivity index (χ1) is 18.9. The van der Waals surface area contributed by atoms with E-state index in [1.165, 1.54) is 19.2 Å². The number of hydrogen-bond acceptors (Lipinski definition) is 7. The Morgan fingerprint density at radius 1 is 0.923 bits per heavy atom. The number of thioether (sulfide) groups is 1. The largest absolute Gasteiger partial charge is 0.497 e. The van der Waals surface area contributed by atoms with Crippen LogP contribution >= 0.6 is 11.8 Å². The third-order valence-electron chi connectivity index (χ3n) is 5.89. The molecule has 0 aliphatic rings. The Morgan fingerprint density at radius 2 is 1.56 bits per heavy atom. The van der Waals surface area contributed by atoms with Gasteiger partial charge in [0.25, 0.3) is 15.2 Å². The van der Waals surface area contributed by atoms with Crippen LogP contribution < -0.4 is 14.8 Å². The summed E-state index contributed by atoms with van der Waals surface area (Å²) in [5, 5.41) is 3.36. The number of benzene rings is 4. The molecular weight excluding hydrogens is 534 g/mol. The zero-order valence-corrected chi connectivity index (χ0v) is 22.5. The van der Waals surface area contributed by atoms with Gasteiger partial charge < -0.3 is 14.5 Å². The second-order valence-corrected chi connectivity index (χ2v) is 11.2. The summed E-state index contributed by atoms with van der Waals surface area (Å²) in [5.74, 6) is 0.510. The van der Waals surface area contributed by atoms with Gasteiger partial charge in [-0.2, -0.15) is 0 Å². The molecule has 4 aromatic carbocycles. The van der Waals surface area contributed by atoms with Crippen molar-refractivity contribution < 1.29 is 22.4 Å². The molecule has 0 saturated carbocycles. The fourth-order valence-corrected chi connectivity index (χ4v) is 5.70. The van der Waals surface area contributed by atoms with Crippen LogP contribution in [0.5, 0.6) is 5.75 Å². The number of aromatic nitrogens is 1. The third-order valence-corrected chi connectivity index (χ3v) is 8.10. The Balaban J connectivity index is 1.26. The molecule has 1 heterocycles. The van der Waals surface area contributed by atoms with Gasteiger partial charge in [0.15, 0.2) is 5.58 Å². The second kappa shape index (κ2) is 11.6. The number of nitrogens with zero attached hydrogens (tertiary/aromatic N) is 1. The quantitative estimate of drug-likeness (QED) is 0.213. The van der Waals surface area contributed by atoms with Crippen molar-refractivity contribution in [3.05, 3.63) is 114 Å². The van der Waals surface area contributed by atoms with Crippen LogP contribution in [0.15, 0.2) is 118 Å². The van der Waals surface area contributed by atoms with Crippen LogP contribution in [0.3, 0.4) is 0 Å². The van der Waals surface area contributed by atoms with Crippen LogP contribution in [-0.2, 0) is 14.8 Å². The van der Waals surface area contributed by atoms with Crippen molar-refractivity contribution in [1.82, 2.24) is 10.3 Å². The normalized spacial score (nSPS) is 11.4. The number of rotatable bonds is 10. The smallest absolute Gasteiger partial charge is 0.261 e. The van der Waals surface area contributed by atoms with Gasteiger partial charge in [-0.15, -0.1) is 0 Å². The van der Waals surface area contributed by atoms with Gasteiger partial charge in [0, 0.05) is 5.69 Å². The molecule has 0 aliphatic carbocycles. The van der Waals surface area contributed by atoms with Crippen LogP contribution in [0, 0.1) is 0 Å². The zero-order valence-electron chi connectivity index (χ0n) is 20.9. The number of amides is 1. The Labute approximate surface area is 230 Å². The monoisotopic (exact) mass is 559 g/mol. The first-order valence-electron chi connectivity index (χ1n) is 12.0. The minimum absolute atomic E-state index is 0.0435. The highest BCUT2D eigenvalue weighted by Gasteiger charge is 2.19. The lowest BCUT2D eigenvalue weighted by Gasteiger charge is -2.19. The summed E-state index contributed by atoms with van der Waals surface area (Å²) in [4.78, 5) is 17.3. The number of carbonyl (C=O) groups is 1. The molecule has 2 N–H and O–H groups in total. The molecule has 0 saturated heterocycles. The van der Waals surface area contributed by atoms with E-state index in [0.29, 0.717) is 22.5 Å². The third kappa shape index (κ3) is 6.42. The van der Waals surface area contributed by atoms with Crippen molar-refractivity contribution >= 4 is 44.5 Å². The summed E-state index contributed by atoms with van der Waals surface area (Å²) in [7, 11) is -2.31. The van der Waals surface area contributed by atoms with E-state index in [2.05, 4.69) is 15.0 Å². The lowest BCUT2D eigenvalue weighted by molar-refractivity contribution is -0.119. The van der Waals surface area contributed by atoms with E-state index in [4.69, 9.17) is 9.15 Å². The second-order valence-electron chi connectivity index (χ2n) is 8.55. The molecule has 0 spiro atoms. The summed E-state index contributed by atoms with van der Waals surface area (Å²) in [6.07, 6.45) is 0. The molecule has 0 unspecified atom stereocenters. The number of fused-ring (bicyclic) bond motifs is 1. The molecular formula is C29H25N3O5S2. The first kappa shape index (κ1) is 26.3. The van der Waals surface area contributed by atoms with Crippen molar-refractivity contribution in [2.75, 3.05) is 17.6 Å². The van der Waals surface area contributed by atoms with Crippen LogP contribution in [0.25, 0.3) is 11.1 Å². The molecule has 1 aromatic heterocycles. The highest BCUT2D eigenvalue weighted by atomic mass is 32.2. The van der Waals surface area contributed by atoms with E-state index >= 15 is 0 Å². The lowest BCUT2D eigenvalue weighted by Crippen LogP contribution is -2.30. The topological polar surface area (TPSA) is 111 Å². The number of anilines is 1. The summed E-state index contributed by atoms with van der Waals surface area (Å²) in [5.41, 5.74) is 3.15. The minimum Gasteiger partial charge on any atom is -0.497 e. The number of carbonyl (C=O) groups excluding carboxylic acids is 1. The van der Waals surface area contributed by atoms with E-state index < -0.39 is 10.0 Å². The van der Waals surface area contributed by atoms with Crippen molar-refractivity contribution in [3.8, 4) is 5.75 Å². The van der Waals surface area contributed by atoms with E-state index in [1.54, 1.807) is 30.3 Å². The van der Waals surface area contributed by atoms with Gasteiger partial charge in [0.05, 0.1) is 23.8 Å². The predicted octanol–water partition coefficient (Wildman–Crippen LogP) is 5.64. The van der Waals surface area contributed by atoms with Crippen LogP contribution in [-0.4, -0.2) is 32.2 Å². The summed E-state index contributed by atoms with van der Waals surface area (Å²) >= 11 is 1.14. The van der Waals surface area contributed by atoms with Gasteiger partial charge in [0.1, 0.15) is 11.3 Å². The molecule has 1 amide bonds. The van der Waals surface area contributed by atoms with Crippen molar-refractivity contribution in [1.29, 1.82) is 0 Å². The van der Waals surface area contributed by atoms with Gasteiger partial charge in [-0.25, -0.2) is 13.4 Å². The molecule has 5 aromatic rings. The van der Waals surface area contributed by atoms with Gasteiger partial charge in [-0.05, 0) is 53.6 Å². The predicted molar refractivity (Wildman–Crippen MR) is 151 cm³/mol. The van der Waals surface area contributed by atoms with E-state index in [1.807, 2.05) is 60.7 Å². The SMILES string of the molecule is COc1ccc(NS(=O)(=O)c2ccc3oc(SCC(=O)NC(c4ccccc4)c4ccccc4)nc3c2)cc1. The molecule has 0 atom stereocenters. The zero-order chi connectivity index (χ0) is 27.2. The molecule has 0 bridgehead atoms. The number of methoxy groups -OCH3 is 1. The van der Waals surface area contributed by atoms with Gasteiger partial charge in [-0.1, -0.05) is 72.4 Å². The van der Waals surface area contributed by atoms with Crippen LogP contribution in [0.1, 0.15) is 17.2 Å². The lowest BCUT2D eigenvalue weighted by atomic mass is 9.99. The number of sulfonamides is 1. The number of ether oxygens (including phenoxy) is 1. The van der Waals surface area contributed by atoms with E-state index in [-0.39, 0.29) is 27.8 Å². The van der Waals surface area contributed by atoms with Crippen molar-refractivity contribution in [2.45, 2.75) is 16.2 Å². The fourth-order valence-electron chi connectivity index (χ4n) is 3.97. The molecule has 39 heavy (non-hydrogen) atoms. The Morgan fingerprint density at radius 3 is 2.18 bits per heavy atom. The maximum Gasteiger partial charge on any atom is 0.261 e. The van der Waals surface area contributed by atoms with E-state index in [0.717, 1.165) is 22.9 Å². The number of hydrogen-bond donors (Lipinski definition) is 2. The summed E-state index contributed by atoms with van der Waals surface area (Å²) in [6.45, 7) is 0. The molecule has 8 nitrogen and oxygen atoms in total. The Hall–Kier alpha value is -4.28. The highest BCUT2D eigenvalue weighted by Crippen LogP contribution is 2.27. The molecule has 10 heteroatoms. The van der Waals surface area contributed by atoms with Gasteiger partial charge >= 0.3 is 0 Å². The van der Waals surface area contributed by atoms with Gasteiger partial charge in [0.2, 0.25) is 5.91 Å². The Kier molecular flexibility index (Phi) is 7.85. The average molecular weight is 560 g/mol. The Bertz CT molecular complexity index is 1630. The maximum absolute atomic E-state index is 12.9. The molecule has 198 valence electrons. The van der Waals surface area contributed by atoms with Crippen LogP contribution in [0.2, 0.25) is 0 Å². The molecule has 5 rings (SSSR count). The van der Waals surface area contributed by atoms with E-state index in [9.17, 15) is 13.2 Å². The van der Waals surface area contributed by atoms with Crippen molar-refractivity contribution in [3.63, 3.8) is 0 Å². The molecule has 0 aliphatic heterocycles. The summed E-state index contributed by atoms with van der Waals surface area (Å²) < 4.78 is 39.2. The van der Waals surface area contributed by atoms with Crippen LogP contribution in [0.4, 0.5) is 5.69 Å². The maximum atomic E-state index is 12.9. The minimum atomic E-state index is -3.85. The number of oxazole rings is 1. The average Bonchev–Trinajstić information content (AvgIpc) is 3.38.